The van der Waals surface area contributed by atoms with Gasteiger partial charge in [-0.1, -0.05) is 17.3 Å². The maximum absolute atomic E-state index is 12.5. The minimum atomic E-state index is -4.69. The van der Waals surface area contributed by atoms with Gasteiger partial charge < -0.3 is 4.52 Å². The molecule has 6 nitrogen and oxygen atoms in total. The van der Waals surface area contributed by atoms with Gasteiger partial charge in [-0.25, -0.2) is 4.99 Å². The van der Waals surface area contributed by atoms with Crippen molar-refractivity contribution in [2.45, 2.75) is 32.4 Å². The summed E-state index contributed by atoms with van der Waals surface area (Å²) in [5.41, 5.74) is 1.95. The highest BCUT2D eigenvalue weighted by molar-refractivity contribution is 6.03. The second-order valence-electron chi connectivity index (χ2n) is 7.61. The zero-order valence-electron chi connectivity index (χ0n) is 15.3. The highest BCUT2D eigenvalue weighted by Gasteiger charge is 2.47. The van der Waals surface area contributed by atoms with Crippen LogP contribution in [0.3, 0.4) is 0 Å². The van der Waals surface area contributed by atoms with E-state index in [1.165, 1.54) is 43.5 Å². The molecule has 1 aliphatic carbocycles. The number of amides is 1. The van der Waals surface area contributed by atoms with E-state index < -0.39 is 12.1 Å². The number of nitrogens with zero attached hydrogens (tertiary/aromatic N) is 4. The van der Waals surface area contributed by atoms with Gasteiger partial charge >= 0.3 is 12.1 Å². The molecular weight excluding hydrogens is 373 g/mol. The summed E-state index contributed by atoms with van der Waals surface area (Å²) in [6.45, 7) is 4.63. The SMILES string of the molecule is C/C(CN1CCC2(CC2)C1)=N\C(=O)c1ccc(-c2noc(C(F)(F)F)n2)cc1. The van der Waals surface area contributed by atoms with Crippen LogP contribution in [0.2, 0.25) is 0 Å². The fourth-order valence-electron chi connectivity index (χ4n) is 3.56. The van der Waals surface area contributed by atoms with E-state index >= 15 is 0 Å². The van der Waals surface area contributed by atoms with Crippen molar-refractivity contribution < 1.29 is 22.5 Å². The molecule has 28 heavy (non-hydrogen) atoms. The number of carbonyl (C=O) groups is 1. The lowest BCUT2D eigenvalue weighted by atomic mass is 10.1. The van der Waals surface area contributed by atoms with Crippen LogP contribution < -0.4 is 0 Å². The van der Waals surface area contributed by atoms with E-state index in [-0.39, 0.29) is 11.7 Å². The summed E-state index contributed by atoms with van der Waals surface area (Å²) >= 11 is 0. The number of aliphatic imine (C=N–C) groups is 1. The topological polar surface area (TPSA) is 71.6 Å². The van der Waals surface area contributed by atoms with Crippen LogP contribution >= 0.6 is 0 Å². The van der Waals surface area contributed by atoms with Gasteiger partial charge in [0.1, 0.15) is 0 Å². The summed E-state index contributed by atoms with van der Waals surface area (Å²) < 4.78 is 41.8. The van der Waals surface area contributed by atoms with E-state index in [1.54, 1.807) is 0 Å². The van der Waals surface area contributed by atoms with Crippen LogP contribution in [0.25, 0.3) is 11.4 Å². The highest BCUT2D eigenvalue weighted by atomic mass is 19.4. The fraction of sp³-hybridized carbons (Fsp3) is 0.474. The molecule has 9 heteroatoms. The Labute approximate surface area is 159 Å². The number of hydrogen-bond donors (Lipinski definition) is 0. The predicted molar refractivity (Wildman–Crippen MR) is 94.9 cm³/mol. The van der Waals surface area contributed by atoms with Gasteiger partial charge in [0.25, 0.3) is 5.91 Å². The lowest BCUT2D eigenvalue weighted by Gasteiger charge is -2.15. The molecule has 1 aromatic heterocycles. The highest BCUT2D eigenvalue weighted by Crippen LogP contribution is 2.52. The smallest absolute Gasteiger partial charge is 0.329 e. The number of halogens is 3. The molecule has 0 N–H and O–H groups in total. The van der Waals surface area contributed by atoms with Crippen molar-refractivity contribution in [3.63, 3.8) is 0 Å². The van der Waals surface area contributed by atoms with Crippen LogP contribution in [0, 0.1) is 5.41 Å². The lowest BCUT2D eigenvalue weighted by Crippen LogP contribution is -2.27. The molecule has 0 unspecified atom stereocenters. The quantitative estimate of drug-likeness (QED) is 0.740. The molecule has 1 spiro atoms. The molecule has 2 heterocycles. The number of benzene rings is 1. The summed E-state index contributed by atoms with van der Waals surface area (Å²) in [5, 5.41) is 3.33. The average molecular weight is 392 g/mol. The van der Waals surface area contributed by atoms with E-state index in [0.717, 1.165) is 18.8 Å². The van der Waals surface area contributed by atoms with Crippen molar-refractivity contribution in [3.05, 3.63) is 35.7 Å². The number of rotatable bonds is 4. The van der Waals surface area contributed by atoms with Gasteiger partial charge in [-0.3, -0.25) is 9.69 Å². The number of hydrogen-bond acceptors (Lipinski definition) is 5. The van der Waals surface area contributed by atoms with Crippen molar-refractivity contribution in [1.82, 2.24) is 15.0 Å². The van der Waals surface area contributed by atoms with Crippen molar-refractivity contribution in [3.8, 4) is 11.4 Å². The summed E-state index contributed by atoms with van der Waals surface area (Å²) in [4.78, 5) is 22.2. The number of alkyl halides is 3. The molecule has 0 atom stereocenters. The Morgan fingerprint density at radius 3 is 2.54 bits per heavy atom. The number of aromatic nitrogens is 2. The summed E-state index contributed by atoms with van der Waals surface area (Å²) in [7, 11) is 0. The Morgan fingerprint density at radius 2 is 1.96 bits per heavy atom. The third kappa shape index (κ3) is 3.99. The second kappa shape index (κ2) is 6.80. The van der Waals surface area contributed by atoms with Gasteiger partial charge in [-0.2, -0.15) is 18.2 Å². The number of likely N-dealkylation sites (tertiary alicyclic amines) is 1. The van der Waals surface area contributed by atoms with Gasteiger partial charge in [0, 0.05) is 29.9 Å². The zero-order valence-corrected chi connectivity index (χ0v) is 15.3. The third-order valence-electron chi connectivity index (χ3n) is 5.28. The van der Waals surface area contributed by atoms with E-state index in [2.05, 4.69) is 24.6 Å². The molecule has 1 aromatic carbocycles. The molecular formula is C19H19F3N4O2. The normalized spacial score (nSPS) is 19.4. The molecule has 4 rings (SSSR count). The first kappa shape index (κ1) is 18.8. The molecule has 2 fully saturated rings. The lowest BCUT2D eigenvalue weighted by molar-refractivity contribution is -0.159. The summed E-state index contributed by atoms with van der Waals surface area (Å²) in [5.74, 6) is -1.97. The molecule has 0 bridgehead atoms. The fourth-order valence-corrected chi connectivity index (χ4v) is 3.56. The predicted octanol–water partition coefficient (Wildman–Crippen LogP) is 3.84. The second-order valence-corrected chi connectivity index (χ2v) is 7.61. The first-order chi connectivity index (χ1) is 13.2. The first-order valence-electron chi connectivity index (χ1n) is 9.06. The van der Waals surface area contributed by atoms with E-state index in [0.29, 0.717) is 23.1 Å². The van der Waals surface area contributed by atoms with Gasteiger partial charge in [0.15, 0.2) is 0 Å². The Kier molecular flexibility index (Phi) is 4.57. The Balaban J connectivity index is 1.40. The van der Waals surface area contributed by atoms with Gasteiger partial charge in [-0.15, -0.1) is 0 Å². The van der Waals surface area contributed by atoms with E-state index in [1.807, 2.05) is 6.92 Å². The molecule has 1 aliphatic heterocycles. The van der Waals surface area contributed by atoms with Crippen molar-refractivity contribution in [2.24, 2.45) is 10.4 Å². The maximum Gasteiger partial charge on any atom is 0.471 e. The maximum atomic E-state index is 12.5. The van der Waals surface area contributed by atoms with Crippen LogP contribution in [0.5, 0.6) is 0 Å². The van der Waals surface area contributed by atoms with Gasteiger partial charge in [-0.05, 0) is 50.3 Å². The van der Waals surface area contributed by atoms with Gasteiger partial charge in [0.05, 0.1) is 0 Å². The minimum absolute atomic E-state index is 0.186. The van der Waals surface area contributed by atoms with Crippen molar-refractivity contribution >= 4 is 11.6 Å². The van der Waals surface area contributed by atoms with Crippen molar-refractivity contribution in [1.29, 1.82) is 0 Å². The van der Waals surface area contributed by atoms with Crippen LogP contribution in [0.15, 0.2) is 33.8 Å². The minimum Gasteiger partial charge on any atom is -0.329 e. The Morgan fingerprint density at radius 1 is 1.25 bits per heavy atom. The van der Waals surface area contributed by atoms with E-state index in [9.17, 15) is 18.0 Å². The molecule has 0 radical (unpaired) electrons. The molecule has 2 aliphatic rings. The summed E-state index contributed by atoms with van der Waals surface area (Å²) in [6.07, 6.45) is -0.866. The zero-order chi connectivity index (χ0) is 19.9. The van der Waals surface area contributed by atoms with E-state index in [4.69, 9.17) is 0 Å². The van der Waals surface area contributed by atoms with Crippen LogP contribution in [0.1, 0.15) is 42.4 Å². The van der Waals surface area contributed by atoms with Crippen LogP contribution in [0.4, 0.5) is 13.2 Å². The van der Waals surface area contributed by atoms with Gasteiger partial charge in [0.2, 0.25) is 5.82 Å². The standard InChI is InChI=1S/C19H19F3N4O2/c1-12(10-26-9-8-18(11-26)6-7-18)23-16(27)14-4-2-13(3-5-14)15-24-17(28-25-15)19(20,21)22/h2-5H,6-11H2,1H3/b23-12+. The molecule has 148 valence electrons. The number of carbonyl (C=O) groups excluding carboxylic acids is 1. The average Bonchev–Trinajstić information content (AvgIpc) is 3.05. The molecule has 2 aromatic rings. The molecule has 1 saturated carbocycles. The summed E-state index contributed by atoms with van der Waals surface area (Å²) in [6, 6.07) is 5.93. The largest absolute Gasteiger partial charge is 0.471 e. The molecule has 1 amide bonds. The van der Waals surface area contributed by atoms with Crippen LogP contribution in [-0.4, -0.2) is 46.3 Å². The van der Waals surface area contributed by atoms with Crippen LogP contribution in [-0.2, 0) is 6.18 Å². The Bertz CT molecular complexity index is 914. The first-order valence-corrected chi connectivity index (χ1v) is 9.06. The monoisotopic (exact) mass is 392 g/mol. The van der Waals surface area contributed by atoms with Crippen molar-refractivity contribution in [2.75, 3.05) is 19.6 Å². The Hall–Kier alpha value is -2.55. The molecule has 1 saturated heterocycles. The third-order valence-corrected chi connectivity index (χ3v) is 5.28.